The number of fused-ring (bicyclic) bond motifs is 1. The van der Waals surface area contributed by atoms with Crippen LogP contribution in [0.5, 0.6) is 0 Å². The van der Waals surface area contributed by atoms with E-state index in [-0.39, 0.29) is 5.56 Å². The molecule has 6 heteroatoms. The molecule has 5 rings (SSSR count). The van der Waals surface area contributed by atoms with Crippen LogP contribution in [0.2, 0.25) is 5.02 Å². The molecule has 0 fully saturated rings. The van der Waals surface area contributed by atoms with E-state index in [1.54, 1.807) is 6.20 Å². The molecule has 0 saturated carbocycles. The highest BCUT2D eigenvalue weighted by molar-refractivity contribution is 6.31. The molecule has 0 amide bonds. The van der Waals surface area contributed by atoms with E-state index in [1.165, 1.54) is 5.56 Å². The largest absolute Gasteiger partial charge is 0.280 e. The normalized spacial score (nSPS) is 13.8. The van der Waals surface area contributed by atoms with E-state index in [4.69, 9.17) is 16.6 Å². The Morgan fingerprint density at radius 1 is 1.00 bits per heavy atom. The van der Waals surface area contributed by atoms with Crippen LogP contribution in [0.3, 0.4) is 0 Å². The lowest BCUT2D eigenvalue weighted by atomic mass is 9.97. The van der Waals surface area contributed by atoms with Crippen molar-refractivity contribution >= 4 is 11.6 Å². The maximum Gasteiger partial charge on any atom is 0.270 e. The number of hydrogen-bond acceptors (Lipinski definition) is 3. The van der Waals surface area contributed by atoms with E-state index < -0.39 is 0 Å². The van der Waals surface area contributed by atoms with Crippen molar-refractivity contribution in [2.24, 2.45) is 0 Å². The Morgan fingerprint density at radius 2 is 1.75 bits per heavy atom. The molecule has 1 aliphatic heterocycles. The smallest absolute Gasteiger partial charge is 0.270 e. The van der Waals surface area contributed by atoms with Crippen molar-refractivity contribution < 1.29 is 0 Å². The molecule has 162 valence electrons. The fraction of sp³-hybridized carbons (Fsp3) is 0.269. The Labute approximate surface area is 192 Å². The summed E-state index contributed by atoms with van der Waals surface area (Å²) in [6.45, 7) is 3.74. The van der Waals surface area contributed by atoms with Gasteiger partial charge < -0.3 is 0 Å². The average molecular weight is 445 g/mol. The summed E-state index contributed by atoms with van der Waals surface area (Å²) in [7, 11) is 0. The average Bonchev–Trinajstić information content (AvgIpc) is 3.38. The van der Waals surface area contributed by atoms with Crippen molar-refractivity contribution in [1.29, 1.82) is 0 Å². The fourth-order valence-corrected chi connectivity index (χ4v) is 4.75. The summed E-state index contributed by atoms with van der Waals surface area (Å²) in [6.07, 6.45) is 3.99. The molecule has 0 bridgehead atoms. The molecule has 4 aromatic rings. The summed E-state index contributed by atoms with van der Waals surface area (Å²) < 4.78 is 3.93. The highest BCUT2D eigenvalue weighted by Crippen LogP contribution is 2.28. The fourth-order valence-electron chi connectivity index (χ4n) is 4.55. The Hall–Kier alpha value is -3.18. The topological polar surface area (TPSA) is 52.7 Å². The Morgan fingerprint density at radius 3 is 2.56 bits per heavy atom. The second-order valence-corrected chi connectivity index (χ2v) is 8.78. The molecule has 2 aromatic heterocycles. The van der Waals surface area contributed by atoms with Gasteiger partial charge in [0.2, 0.25) is 0 Å². The first-order chi connectivity index (χ1) is 15.6. The predicted octanol–water partition coefficient (Wildman–Crippen LogP) is 5.10. The van der Waals surface area contributed by atoms with Crippen LogP contribution < -0.4 is 5.56 Å². The van der Waals surface area contributed by atoms with Gasteiger partial charge in [0.05, 0.1) is 17.0 Å². The van der Waals surface area contributed by atoms with Crippen LogP contribution in [0, 0.1) is 0 Å². The summed E-state index contributed by atoms with van der Waals surface area (Å²) in [5.74, 6) is 1.09. The molecule has 0 radical (unpaired) electrons. The van der Waals surface area contributed by atoms with E-state index in [2.05, 4.69) is 40.9 Å². The predicted molar refractivity (Wildman–Crippen MR) is 127 cm³/mol. The van der Waals surface area contributed by atoms with Crippen LogP contribution in [0.15, 0.2) is 71.7 Å². The van der Waals surface area contributed by atoms with Gasteiger partial charge in [0.15, 0.2) is 0 Å². The number of aromatic nitrogens is 4. The lowest BCUT2D eigenvalue weighted by molar-refractivity contribution is 0.598. The SMILES string of the molecule is C[C@H](Cc1nccc(-c2c(Cc3ccccc3Cl)c(=O)n3n2CCC3)n1)c1ccccc1. The summed E-state index contributed by atoms with van der Waals surface area (Å²) in [4.78, 5) is 22.7. The van der Waals surface area contributed by atoms with Gasteiger partial charge >= 0.3 is 0 Å². The van der Waals surface area contributed by atoms with Crippen molar-refractivity contribution in [3.05, 3.63) is 105 Å². The Balaban J connectivity index is 1.54. The molecule has 1 atom stereocenters. The first-order valence-corrected chi connectivity index (χ1v) is 11.4. The van der Waals surface area contributed by atoms with Crippen LogP contribution in [0.1, 0.15) is 41.8 Å². The maximum absolute atomic E-state index is 13.3. The third-order valence-electron chi connectivity index (χ3n) is 6.20. The number of halogens is 1. The molecule has 0 spiro atoms. The highest BCUT2D eigenvalue weighted by atomic mass is 35.5. The maximum atomic E-state index is 13.3. The third kappa shape index (κ3) is 3.89. The monoisotopic (exact) mass is 444 g/mol. The molecule has 0 aliphatic carbocycles. The van der Waals surface area contributed by atoms with Gasteiger partial charge in [0.1, 0.15) is 5.82 Å². The van der Waals surface area contributed by atoms with E-state index in [9.17, 15) is 4.79 Å². The zero-order valence-electron chi connectivity index (χ0n) is 18.0. The Bertz CT molecular complexity index is 1310. The molecule has 2 aromatic carbocycles. The molecule has 0 unspecified atom stereocenters. The van der Waals surface area contributed by atoms with Crippen molar-refractivity contribution in [3.8, 4) is 11.4 Å². The van der Waals surface area contributed by atoms with Crippen LogP contribution in [0.4, 0.5) is 0 Å². The number of rotatable bonds is 6. The van der Waals surface area contributed by atoms with Crippen molar-refractivity contribution in [1.82, 2.24) is 19.3 Å². The van der Waals surface area contributed by atoms with Gasteiger partial charge in [-0.2, -0.15) is 0 Å². The molecule has 0 saturated heterocycles. The van der Waals surface area contributed by atoms with Gasteiger partial charge in [-0.05, 0) is 35.6 Å². The molecule has 0 N–H and O–H groups in total. The second kappa shape index (κ2) is 8.75. The van der Waals surface area contributed by atoms with Gasteiger partial charge in [-0.3, -0.25) is 9.48 Å². The summed E-state index contributed by atoms with van der Waals surface area (Å²) in [5, 5.41) is 0.675. The van der Waals surface area contributed by atoms with Gasteiger partial charge in [0, 0.05) is 37.2 Å². The molecule has 32 heavy (non-hydrogen) atoms. The van der Waals surface area contributed by atoms with Crippen LogP contribution in [-0.4, -0.2) is 19.3 Å². The first-order valence-electron chi connectivity index (χ1n) is 11.0. The van der Waals surface area contributed by atoms with E-state index in [0.717, 1.165) is 54.3 Å². The minimum absolute atomic E-state index is 0.0511. The van der Waals surface area contributed by atoms with E-state index >= 15 is 0 Å². The van der Waals surface area contributed by atoms with E-state index in [1.807, 2.05) is 41.1 Å². The number of nitrogens with zero attached hydrogens (tertiary/aromatic N) is 4. The van der Waals surface area contributed by atoms with Crippen molar-refractivity contribution in [3.63, 3.8) is 0 Å². The quantitative estimate of drug-likeness (QED) is 0.415. The molecule has 5 nitrogen and oxygen atoms in total. The standard InChI is InChI=1S/C26H25ClN4O/c1-18(19-8-3-2-4-9-19)16-24-28-13-12-23(29-24)25-21(17-20-10-5-6-11-22(20)27)26(32)31-15-7-14-30(25)31/h2-6,8-13,18H,7,14-17H2,1H3/t18-/m1/s1. The van der Waals surface area contributed by atoms with Crippen LogP contribution in [-0.2, 0) is 25.9 Å². The minimum atomic E-state index is 0.0511. The molecular weight excluding hydrogens is 420 g/mol. The Kier molecular flexibility index (Phi) is 5.66. The van der Waals surface area contributed by atoms with Gasteiger partial charge in [-0.1, -0.05) is 67.1 Å². The molecule has 1 aliphatic rings. The summed E-state index contributed by atoms with van der Waals surface area (Å²) in [6, 6.07) is 20.0. The first kappa shape index (κ1) is 20.7. The number of benzene rings is 2. The van der Waals surface area contributed by atoms with Gasteiger partial charge in [-0.15, -0.1) is 0 Å². The summed E-state index contributed by atoms with van der Waals surface area (Å²) >= 11 is 6.42. The van der Waals surface area contributed by atoms with Gasteiger partial charge in [0.25, 0.3) is 5.56 Å². The van der Waals surface area contributed by atoms with Gasteiger partial charge in [-0.25, -0.2) is 14.6 Å². The van der Waals surface area contributed by atoms with E-state index in [0.29, 0.717) is 17.4 Å². The number of hydrogen-bond donors (Lipinski definition) is 0. The summed E-state index contributed by atoms with van der Waals surface area (Å²) in [5.41, 5.74) is 4.71. The van der Waals surface area contributed by atoms with Crippen molar-refractivity contribution in [2.45, 2.75) is 45.2 Å². The van der Waals surface area contributed by atoms with Crippen molar-refractivity contribution in [2.75, 3.05) is 0 Å². The lowest BCUT2D eigenvalue weighted by Gasteiger charge is -2.13. The zero-order chi connectivity index (χ0) is 22.1. The molecule has 3 heterocycles. The lowest BCUT2D eigenvalue weighted by Crippen LogP contribution is -2.18. The van der Waals surface area contributed by atoms with Crippen LogP contribution in [0.25, 0.3) is 11.4 Å². The zero-order valence-corrected chi connectivity index (χ0v) is 18.8. The third-order valence-corrected chi connectivity index (χ3v) is 6.57. The molecular formula is C26H25ClN4O. The highest BCUT2D eigenvalue weighted by Gasteiger charge is 2.26. The minimum Gasteiger partial charge on any atom is -0.280 e. The second-order valence-electron chi connectivity index (χ2n) is 8.37. The van der Waals surface area contributed by atoms with Crippen LogP contribution >= 0.6 is 11.6 Å².